The predicted octanol–water partition coefficient (Wildman–Crippen LogP) is 7.02. The minimum atomic E-state index is -4.58. The zero-order chi connectivity index (χ0) is 36.2. The predicted molar refractivity (Wildman–Crippen MR) is 182 cm³/mol. The van der Waals surface area contributed by atoms with Crippen molar-refractivity contribution >= 4 is 45.9 Å². The summed E-state index contributed by atoms with van der Waals surface area (Å²) in [4.78, 5) is 57.0. The second kappa shape index (κ2) is 15.1. The van der Waals surface area contributed by atoms with E-state index in [0.717, 1.165) is 23.3 Å². The molecule has 4 atom stereocenters. The van der Waals surface area contributed by atoms with E-state index in [1.54, 1.807) is 26.8 Å². The molecule has 50 heavy (non-hydrogen) atoms. The van der Waals surface area contributed by atoms with Gasteiger partial charge in [0.05, 0.1) is 17.6 Å². The Morgan fingerprint density at radius 3 is 2.30 bits per heavy atom. The van der Waals surface area contributed by atoms with E-state index in [0.29, 0.717) is 4.48 Å². The molecule has 2 unspecified atom stereocenters. The van der Waals surface area contributed by atoms with Gasteiger partial charge < -0.3 is 19.7 Å². The molecule has 0 spiro atoms. The van der Waals surface area contributed by atoms with Gasteiger partial charge in [-0.2, -0.15) is 13.2 Å². The summed E-state index contributed by atoms with van der Waals surface area (Å²) in [6.45, 7) is 4.85. The number of benzene rings is 3. The van der Waals surface area contributed by atoms with Gasteiger partial charge in [-0.3, -0.25) is 19.3 Å². The first-order chi connectivity index (χ1) is 23.6. The first-order valence-electron chi connectivity index (χ1n) is 16.0. The Morgan fingerprint density at radius 1 is 1.00 bits per heavy atom. The van der Waals surface area contributed by atoms with E-state index in [4.69, 9.17) is 9.47 Å². The van der Waals surface area contributed by atoms with Gasteiger partial charge in [-0.25, -0.2) is 4.79 Å². The minimum absolute atomic E-state index is 0.0128. The molecule has 5 rings (SSSR count). The van der Waals surface area contributed by atoms with Crippen LogP contribution in [0, 0.1) is 0 Å². The van der Waals surface area contributed by atoms with Crippen molar-refractivity contribution in [2.45, 2.75) is 76.1 Å². The lowest BCUT2D eigenvalue weighted by Gasteiger charge is -2.53. The topological polar surface area (TPSA) is 105 Å². The van der Waals surface area contributed by atoms with Crippen molar-refractivity contribution in [2.24, 2.45) is 0 Å². The maximum Gasteiger partial charge on any atom is 0.416 e. The molecule has 3 aromatic rings. The van der Waals surface area contributed by atoms with Crippen LogP contribution in [0.1, 0.15) is 61.9 Å². The second-order valence-electron chi connectivity index (χ2n) is 13.0. The third-order valence-electron chi connectivity index (χ3n) is 8.29. The van der Waals surface area contributed by atoms with Gasteiger partial charge in [-0.15, -0.1) is 0 Å². The van der Waals surface area contributed by atoms with E-state index < -0.39 is 65.4 Å². The van der Waals surface area contributed by atoms with Crippen LogP contribution in [-0.4, -0.2) is 64.0 Å². The van der Waals surface area contributed by atoms with Crippen LogP contribution in [0.2, 0.25) is 0 Å². The second-order valence-corrected chi connectivity index (χ2v) is 14.0. The minimum Gasteiger partial charge on any atom is -0.460 e. The van der Waals surface area contributed by atoms with E-state index in [-0.39, 0.29) is 31.6 Å². The SMILES string of the molecule is CC(C)(C)OC(=O)CC[C@@H](C(=O)NCc1cccc(C(F)(F)F)c1)N1C(=O)C(N2C(=O)OC[C@@H]2c2ccccc2)C1/C(Br)=C/c1ccccc1. The number of carbonyl (C=O) groups excluding carboxylic acids is 4. The molecule has 0 saturated carbocycles. The van der Waals surface area contributed by atoms with E-state index >= 15 is 0 Å². The molecule has 0 aromatic heterocycles. The van der Waals surface area contributed by atoms with Crippen LogP contribution in [0.4, 0.5) is 18.0 Å². The van der Waals surface area contributed by atoms with Crippen molar-refractivity contribution < 1.29 is 41.8 Å². The number of ether oxygens (including phenoxy) is 2. The molecule has 9 nitrogen and oxygen atoms in total. The van der Waals surface area contributed by atoms with E-state index in [1.807, 2.05) is 60.7 Å². The number of halogens is 4. The lowest BCUT2D eigenvalue weighted by Crippen LogP contribution is -2.75. The molecular weight excluding hydrogens is 719 g/mol. The summed E-state index contributed by atoms with van der Waals surface area (Å²) in [5, 5.41) is 2.66. The molecule has 2 aliphatic rings. The summed E-state index contributed by atoms with van der Waals surface area (Å²) in [5.41, 5.74) is 0.0565. The number of nitrogens with one attached hydrogen (secondary N) is 1. The molecule has 0 aliphatic carbocycles. The lowest BCUT2D eigenvalue weighted by atomic mass is 9.87. The quantitative estimate of drug-likeness (QED) is 0.167. The average Bonchev–Trinajstić information content (AvgIpc) is 3.43. The summed E-state index contributed by atoms with van der Waals surface area (Å²) in [6.07, 6.45) is -3.88. The van der Waals surface area contributed by atoms with Crippen LogP contribution in [0.5, 0.6) is 0 Å². The van der Waals surface area contributed by atoms with Crippen molar-refractivity contribution in [1.82, 2.24) is 15.1 Å². The lowest BCUT2D eigenvalue weighted by molar-refractivity contribution is -0.165. The smallest absolute Gasteiger partial charge is 0.416 e. The first-order valence-corrected chi connectivity index (χ1v) is 16.8. The van der Waals surface area contributed by atoms with Crippen molar-refractivity contribution in [3.05, 3.63) is 112 Å². The van der Waals surface area contributed by atoms with Gasteiger partial charge in [0.2, 0.25) is 11.8 Å². The number of hydrogen-bond donors (Lipinski definition) is 1. The molecule has 2 fully saturated rings. The fourth-order valence-electron chi connectivity index (χ4n) is 6.07. The molecule has 264 valence electrons. The third kappa shape index (κ3) is 8.55. The highest BCUT2D eigenvalue weighted by molar-refractivity contribution is 9.11. The molecule has 13 heteroatoms. The normalized spacial score (nSPS) is 20.2. The third-order valence-corrected chi connectivity index (χ3v) is 8.99. The number of alkyl halides is 3. The van der Waals surface area contributed by atoms with Gasteiger partial charge in [0.1, 0.15) is 24.3 Å². The highest BCUT2D eigenvalue weighted by atomic mass is 79.9. The Morgan fingerprint density at radius 2 is 1.66 bits per heavy atom. The van der Waals surface area contributed by atoms with E-state index in [2.05, 4.69) is 21.2 Å². The average molecular weight is 757 g/mol. The van der Waals surface area contributed by atoms with Crippen molar-refractivity contribution in [3.63, 3.8) is 0 Å². The zero-order valence-electron chi connectivity index (χ0n) is 27.7. The maximum atomic E-state index is 14.3. The summed E-state index contributed by atoms with van der Waals surface area (Å²) in [5.74, 6) is -1.84. The van der Waals surface area contributed by atoms with Gasteiger partial charge in [0.15, 0.2) is 0 Å². The summed E-state index contributed by atoms with van der Waals surface area (Å²) in [6, 6.07) is 19.1. The van der Waals surface area contributed by atoms with Gasteiger partial charge in [-0.1, -0.05) is 88.7 Å². The number of amides is 3. The number of nitrogens with zero attached hydrogens (tertiary/aromatic N) is 2. The van der Waals surface area contributed by atoms with Crippen LogP contribution >= 0.6 is 15.9 Å². The monoisotopic (exact) mass is 755 g/mol. The molecule has 3 amide bonds. The van der Waals surface area contributed by atoms with Crippen LogP contribution in [0.3, 0.4) is 0 Å². The van der Waals surface area contributed by atoms with Gasteiger partial charge in [0.25, 0.3) is 0 Å². The molecular formula is C37H37BrF3N3O6. The highest BCUT2D eigenvalue weighted by Crippen LogP contribution is 2.42. The first kappa shape index (κ1) is 36.6. The van der Waals surface area contributed by atoms with E-state index in [1.165, 1.54) is 21.9 Å². The fraction of sp³-hybridized carbons (Fsp3) is 0.351. The summed E-state index contributed by atoms with van der Waals surface area (Å²) in [7, 11) is 0. The zero-order valence-corrected chi connectivity index (χ0v) is 29.2. The number of likely N-dealkylation sites (tertiary alicyclic amines) is 1. The molecule has 1 N–H and O–H groups in total. The number of carbonyl (C=O) groups is 4. The van der Waals surface area contributed by atoms with Crippen molar-refractivity contribution in [2.75, 3.05) is 6.61 Å². The molecule has 2 saturated heterocycles. The largest absolute Gasteiger partial charge is 0.460 e. The molecule has 3 aromatic carbocycles. The summed E-state index contributed by atoms with van der Waals surface area (Å²) >= 11 is 3.64. The van der Waals surface area contributed by atoms with Crippen LogP contribution in [-0.2, 0) is 36.6 Å². The van der Waals surface area contributed by atoms with Crippen LogP contribution in [0.25, 0.3) is 6.08 Å². The van der Waals surface area contributed by atoms with Gasteiger partial charge in [0, 0.05) is 17.4 Å². The van der Waals surface area contributed by atoms with Gasteiger partial charge in [-0.05, 0) is 62.1 Å². The number of β-lactam (4-membered cyclic amide) rings is 1. The Labute approximate surface area is 296 Å². The highest BCUT2D eigenvalue weighted by Gasteiger charge is 2.59. The number of esters is 1. The maximum absolute atomic E-state index is 14.3. The van der Waals surface area contributed by atoms with E-state index in [9.17, 15) is 32.3 Å². The van der Waals surface area contributed by atoms with Gasteiger partial charge >= 0.3 is 18.2 Å². The Balaban J connectivity index is 1.50. The molecule has 2 aliphatic heterocycles. The van der Waals surface area contributed by atoms with Crippen LogP contribution in [0.15, 0.2) is 89.4 Å². The number of rotatable bonds is 11. The Kier molecular flexibility index (Phi) is 11.0. The standard InChI is InChI=1S/C37H37BrF3N3O6/c1-36(2,3)50-30(45)18-17-28(33(46)42-21-24-13-10-16-26(19-24)37(39,40)41)43-31(27(38)20-23-11-6-4-7-12-23)32(34(43)47)44-29(22-49-35(44)48)25-14-8-5-9-15-25/h4-16,19-20,28-29,31-32H,17-18,21-22H2,1-3H3,(H,42,46)/b27-20-/t28-,29+,31?,32?/m0/s1. The summed E-state index contributed by atoms with van der Waals surface area (Å²) < 4.78 is 51.5. The molecule has 0 radical (unpaired) electrons. The Hall–Kier alpha value is -4.65. The molecule has 0 bridgehead atoms. The molecule has 2 heterocycles. The van der Waals surface area contributed by atoms with Crippen molar-refractivity contribution in [1.29, 1.82) is 0 Å². The Bertz CT molecular complexity index is 1750. The number of cyclic esters (lactones) is 1. The van der Waals surface area contributed by atoms with Crippen LogP contribution < -0.4 is 5.32 Å². The van der Waals surface area contributed by atoms with Crippen molar-refractivity contribution in [3.8, 4) is 0 Å². The number of hydrogen-bond acceptors (Lipinski definition) is 6. The fourth-order valence-corrected chi connectivity index (χ4v) is 6.81.